The van der Waals surface area contributed by atoms with Gasteiger partial charge in [0.1, 0.15) is 11.8 Å². The third-order valence-corrected chi connectivity index (χ3v) is 7.45. The van der Waals surface area contributed by atoms with Gasteiger partial charge in [0.2, 0.25) is 11.8 Å². The van der Waals surface area contributed by atoms with Crippen LogP contribution >= 0.6 is 0 Å². The van der Waals surface area contributed by atoms with Gasteiger partial charge in [-0.1, -0.05) is 53.7 Å². The van der Waals surface area contributed by atoms with Crippen LogP contribution in [0, 0.1) is 18.8 Å². The minimum Gasteiger partial charge on any atom is -0.454 e. The van der Waals surface area contributed by atoms with E-state index in [1.54, 1.807) is 6.92 Å². The van der Waals surface area contributed by atoms with Gasteiger partial charge in [0.05, 0.1) is 11.8 Å². The predicted molar refractivity (Wildman–Crippen MR) is 126 cm³/mol. The van der Waals surface area contributed by atoms with Crippen LogP contribution in [0.25, 0.3) is 0 Å². The lowest BCUT2D eigenvalue weighted by Gasteiger charge is -2.45. The molecule has 9 nitrogen and oxygen atoms in total. The van der Waals surface area contributed by atoms with Crippen molar-refractivity contribution in [1.29, 1.82) is 0 Å². The molecule has 4 aliphatic rings. The maximum Gasteiger partial charge on any atom is 0.329 e. The summed E-state index contributed by atoms with van der Waals surface area (Å²) >= 11 is 0. The molecule has 0 unspecified atom stereocenters. The Morgan fingerprint density at radius 3 is 1.92 bits per heavy atom. The number of ether oxygens (including phenoxy) is 1. The molecule has 1 aromatic heterocycles. The number of nitrogens with one attached hydrogen (secondary N) is 1. The van der Waals surface area contributed by atoms with E-state index in [1.165, 1.54) is 13.0 Å². The Kier molecular flexibility index (Phi) is 5.03. The smallest absolute Gasteiger partial charge is 0.329 e. The fraction of sp³-hybridized carbons (Fsp3) is 0.296. The lowest BCUT2D eigenvalue weighted by atomic mass is 9.55. The number of benzene rings is 2. The molecule has 0 radical (unpaired) electrons. The maximum atomic E-state index is 13.7. The zero-order valence-corrected chi connectivity index (χ0v) is 19.6. The van der Waals surface area contributed by atoms with Crippen LogP contribution < -0.4 is 5.32 Å². The Bertz CT molecular complexity index is 1310. The molecule has 2 bridgehead atoms. The fourth-order valence-corrected chi connectivity index (χ4v) is 6.05. The molecule has 7 rings (SSSR count). The largest absolute Gasteiger partial charge is 0.454 e. The summed E-state index contributed by atoms with van der Waals surface area (Å²) in [5.41, 5.74) is 4.22. The molecule has 0 spiro atoms. The van der Waals surface area contributed by atoms with E-state index in [-0.39, 0.29) is 29.5 Å². The van der Waals surface area contributed by atoms with Crippen molar-refractivity contribution in [2.45, 2.75) is 31.7 Å². The van der Waals surface area contributed by atoms with E-state index >= 15 is 0 Å². The van der Waals surface area contributed by atoms with Crippen LogP contribution in [0.1, 0.15) is 46.8 Å². The first-order valence-electron chi connectivity index (χ1n) is 11.8. The molecule has 2 heterocycles. The average molecular weight is 485 g/mol. The van der Waals surface area contributed by atoms with Gasteiger partial charge in [-0.2, -0.15) is 0 Å². The van der Waals surface area contributed by atoms with Crippen LogP contribution in [0.15, 0.2) is 59.1 Å². The SMILES string of the molecule is Cc1cc(NC(=O)COC(=O)[C@@H](C)N2C(=O)[C@@H]3C4c5ccccc5C(c5ccccc54)[C@@H]3C2=O)no1. The summed E-state index contributed by atoms with van der Waals surface area (Å²) in [6.45, 7) is 2.55. The number of esters is 1. The van der Waals surface area contributed by atoms with Crippen LogP contribution in [0.5, 0.6) is 0 Å². The first kappa shape index (κ1) is 22.2. The Balaban J connectivity index is 1.23. The third kappa shape index (κ3) is 3.19. The van der Waals surface area contributed by atoms with Crippen LogP contribution in [0.3, 0.4) is 0 Å². The number of anilines is 1. The molecule has 0 saturated carbocycles. The highest BCUT2D eigenvalue weighted by atomic mass is 16.5. The molecule has 3 aliphatic carbocycles. The maximum absolute atomic E-state index is 13.7. The molecule has 1 saturated heterocycles. The topological polar surface area (TPSA) is 119 Å². The summed E-state index contributed by atoms with van der Waals surface area (Å²) in [6.07, 6.45) is 0. The number of nitrogens with zero attached hydrogens (tertiary/aromatic N) is 2. The first-order valence-corrected chi connectivity index (χ1v) is 11.8. The molecule has 3 aromatic rings. The summed E-state index contributed by atoms with van der Waals surface area (Å²) in [6, 6.07) is 16.2. The fourth-order valence-electron chi connectivity index (χ4n) is 6.05. The van der Waals surface area contributed by atoms with Crippen molar-refractivity contribution in [3.8, 4) is 0 Å². The Hall–Kier alpha value is -4.27. The lowest BCUT2D eigenvalue weighted by molar-refractivity contribution is -0.159. The van der Waals surface area contributed by atoms with Gasteiger partial charge in [-0.05, 0) is 36.1 Å². The molecule has 2 aromatic carbocycles. The molecule has 182 valence electrons. The summed E-state index contributed by atoms with van der Waals surface area (Å²) < 4.78 is 10.0. The highest BCUT2D eigenvalue weighted by Gasteiger charge is 2.62. The molecular formula is C27H23N3O6. The van der Waals surface area contributed by atoms with Crippen molar-refractivity contribution in [2.24, 2.45) is 11.8 Å². The van der Waals surface area contributed by atoms with Crippen molar-refractivity contribution >= 4 is 29.5 Å². The number of rotatable bonds is 5. The number of aromatic nitrogens is 1. The average Bonchev–Trinajstić information content (AvgIpc) is 3.41. The van der Waals surface area contributed by atoms with E-state index < -0.39 is 36.4 Å². The highest BCUT2D eigenvalue weighted by Crippen LogP contribution is 2.61. The number of likely N-dealkylation sites (tertiary alicyclic amines) is 1. The van der Waals surface area contributed by atoms with Crippen LogP contribution in [0.2, 0.25) is 0 Å². The molecule has 36 heavy (non-hydrogen) atoms. The number of hydrogen-bond donors (Lipinski definition) is 1. The van der Waals surface area contributed by atoms with Gasteiger partial charge < -0.3 is 14.6 Å². The van der Waals surface area contributed by atoms with Gasteiger partial charge in [-0.25, -0.2) is 4.79 Å². The van der Waals surface area contributed by atoms with Gasteiger partial charge in [0, 0.05) is 17.9 Å². The van der Waals surface area contributed by atoms with Gasteiger partial charge in [-0.15, -0.1) is 0 Å². The summed E-state index contributed by atoms with van der Waals surface area (Å²) in [4.78, 5) is 53.4. The van der Waals surface area contributed by atoms with E-state index in [0.717, 1.165) is 27.2 Å². The van der Waals surface area contributed by atoms with Gasteiger partial charge in [0.15, 0.2) is 12.4 Å². The van der Waals surface area contributed by atoms with Crippen LogP contribution in [-0.2, 0) is 23.9 Å². The van der Waals surface area contributed by atoms with E-state index in [4.69, 9.17) is 9.26 Å². The van der Waals surface area contributed by atoms with Crippen molar-refractivity contribution < 1.29 is 28.4 Å². The van der Waals surface area contributed by atoms with Gasteiger partial charge in [-0.3, -0.25) is 19.3 Å². The van der Waals surface area contributed by atoms with E-state index in [0.29, 0.717) is 5.76 Å². The normalized spacial score (nSPS) is 24.1. The molecule has 3 amide bonds. The number of carbonyl (C=O) groups excluding carboxylic acids is 4. The van der Waals surface area contributed by atoms with E-state index in [9.17, 15) is 19.2 Å². The Labute approximate surface area is 206 Å². The Morgan fingerprint density at radius 1 is 0.972 bits per heavy atom. The van der Waals surface area contributed by atoms with Crippen LogP contribution in [0.4, 0.5) is 5.82 Å². The van der Waals surface area contributed by atoms with E-state index in [1.807, 2.05) is 48.5 Å². The van der Waals surface area contributed by atoms with Gasteiger partial charge >= 0.3 is 5.97 Å². The second kappa shape index (κ2) is 8.15. The first-order chi connectivity index (χ1) is 17.4. The summed E-state index contributed by atoms with van der Waals surface area (Å²) in [5.74, 6) is -3.16. The van der Waals surface area contributed by atoms with Crippen molar-refractivity contribution in [3.05, 3.63) is 82.6 Å². The summed E-state index contributed by atoms with van der Waals surface area (Å²) in [5, 5.41) is 6.11. The zero-order chi connectivity index (χ0) is 25.1. The molecular weight excluding hydrogens is 462 g/mol. The summed E-state index contributed by atoms with van der Waals surface area (Å²) in [7, 11) is 0. The quantitative estimate of drug-likeness (QED) is 0.436. The van der Waals surface area contributed by atoms with Crippen molar-refractivity contribution in [2.75, 3.05) is 11.9 Å². The number of aryl methyl sites for hydroxylation is 1. The number of imide groups is 1. The van der Waals surface area contributed by atoms with Crippen molar-refractivity contribution in [3.63, 3.8) is 0 Å². The Morgan fingerprint density at radius 2 is 1.47 bits per heavy atom. The second-order valence-electron chi connectivity index (χ2n) is 9.47. The predicted octanol–water partition coefficient (Wildman–Crippen LogP) is 2.75. The molecule has 9 heteroatoms. The molecule has 3 atom stereocenters. The molecule has 1 aliphatic heterocycles. The zero-order valence-electron chi connectivity index (χ0n) is 19.6. The minimum absolute atomic E-state index is 0.199. The van der Waals surface area contributed by atoms with Crippen LogP contribution in [-0.4, -0.2) is 46.4 Å². The monoisotopic (exact) mass is 485 g/mol. The van der Waals surface area contributed by atoms with Crippen molar-refractivity contribution in [1.82, 2.24) is 10.1 Å². The number of hydrogen-bond acceptors (Lipinski definition) is 7. The highest BCUT2D eigenvalue weighted by molar-refractivity contribution is 6.10. The van der Waals surface area contributed by atoms with Gasteiger partial charge in [0.25, 0.3) is 5.91 Å². The molecule has 1 N–H and O–H groups in total. The number of carbonyl (C=O) groups is 4. The lowest BCUT2D eigenvalue weighted by Crippen LogP contribution is -2.45. The third-order valence-electron chi connectivity index (χ3n) is 7.45. The number of amides is 3. The minimum atomic E-state index is -1.16. The molecule has 1 fully saturated rings. The standard InChI is InChI=1S/C27H23N3O6/c1-13-11-19(29-36-13)28-20(31)12-35-27(34)14(2)30-25(32)23-21-15-7-3-4-8-16(15)22(24(23)26(30)33)18-10-6-5-9-17(18)21/h3-11,14,21-24H,12H2,1-2H3,(H,28,29,31)/t14-,21?,22?,23-,24+/m1/s1. The second-order valence-corrected chi connectivity index (χ2v) is 9.47. The van der Waals surface area contributed by atoms with E-state index in [2.05, 4.69) is 10.5 Å².